The van der Waals surface area contributed by atoms with E-state index in [1.54, 1.807) is 24.3 Å². The summed E-state index contributed by atoms with van der Waals surface area (Å²) in [5.41, 5.74) is 0.453. The van der Waals surface area contributed by atoms with Gasteiger partial charge in [0.2, 0.25) is 0 Å². The molecule has 16 heavy (non-hydrogen) atoms. The Labute approximate surface area is 109 Å². The molecule has 1 aromatic heterocycles. The highest BCUT2D eigenvalue weighted by Gasteiger charge is 2.34. The number of para-hydroxylation sites is 1. The third-order valence-corrected chi connectivity index (χ3v) is 3.34. The molecule has 84 valence electrons. The van der Waals surface area contributed by atoms with E-state index in [0.29, 0.717) is 10.2 Å². The number of hydrogen-bond donors (Lipinski definition) is 0. The fourth-order valence-corrected chi connectivity index (χ4v) is 2.41. The average molecular weight is 297 g/mol. The molecule has 0 aliphatic rings. The summed E-state index contributed by atoms with van der Waals surface area (Å²) in [7, 11) is 0. The van der Waals surface area contributed by atoms with Gasteiger partial charge in [0, 0.05) is 0 Å². The van der Waals surface area contributed by atoms with Crippen LogP contribution in [0.25, 0.3) is 10.2 Å². The average Bonchev–Trinajstić information content (AvgIpc) is 2.51. The number of benzene rings is 1. The number of nitrogens with zero attached hydrogens (tertiary/aromatic N) is 1. The highest BCUT2D eigenvalue weighted by molar-refractivity contribution is 7.16. The monoisotopic (exact) mass is 295 g/mol. The van der Waals surface area contributed by atoms with Gasteiger partial charge in [-0.05, 0) is 12.1 Å². The van der Waals surface area contributed by atoms with Gasteiger partial charge in [0.15, 0.2) is 0 Å². The molecule has 0 unspecified atom stereocenters. The molecule has 3 nitrogen and oxygen atoms in total. The molecule has 0 saturated heterocycles. The van der Waals surface area contributed by atoms with Gasteiger partial charge < -0.3 is 0 Å². The molecule has 0 atom stereocenters. The van der Waals surface area contributed by atoms with Crippen LogP contribution in [0, 0.1) is 0 Å². The Morgan fingerprint density at radius 1 is 1.25 bits per heavy atom. The number of thiazole rings is 1. The van der Waals surface area contributed by atoms with E-state index in [9.17, 15) is 9.59 Å². The van der Waals surface area contributed by atoms with Gasteiger partial charge in [-0.1, -0.05) is 58.3 Å². The van der Waals surface area contributed by atoms with Crippen molar-refractivity contribution < 1.29 is 4.79 Å². The number of rotatable bonds is 0. The van der Waals surface area contributed by atoms with Gasteiger partial charge in [-0.2, -0.15) is 0 Å². The molecule has 2 aromatic rings. The maximum Gasteiger partial charge on any atom is 0.315 e. The van der Waals surface area contributed by atoms with Crippen LogP contribution in [-0.4, -0.2) is 14.3 Å². The molecule has 0 aliphatic carbocycles. The zero-order valence-corrected chi connectivity index (χ0v) is 10.7. The van der Waals surface area contributed by atoms with Crippen molar-refractivity contribution in [2.75, 3.05) is 0 Å². The van der Waals surface area contributed by atoms with E-state index >= 15 is 0 Å². The molecule has 0 amide bonds. The lowest BCUT2D eigenvalue weighted by Gasteiger charge is -2.09. The summed E-state index contributed by atoms with van der Waals surface area (Å²) >= 11 is 17.4. The minimum atomic E-state index is -2.13. The van der Waals surface area contributed by atoms with E-state index in [2.05, 4.69) is 0 Å². The number of fused-ring (bicyclic) bond motifs is 1. The molecule has 0 saturated carbocycles. The topological polar surface area (TPSA) is 39.1 Å². The van der Waals surface area contributed by atoms with E-state index < -0.39 is 14.6 Å². The first-order valence-electron chi connectivity index (χ1n) is 4.13. The Morgan fingerprint density at radius 3 is 2.50 bits per heavy atom. The van der Waals surface area contributed by atoms with Crippen molar-refractivity contribution in [3.8, 4) is 0 Å². The number of alkyl halides is 3. The molecule has 0 fully saturated rings. The van der Waals surface area contributed by atoms with Crippen LogP contribution >= 0.6 is 46.1 Å². The molecular weight excluding hydrogens is 293 g/mol. The molecule has 0 bridgehead atoms. The molecule has 2 rings (SSSR count). The van der Waals surface area contributed by atoms with E-state index in [-0.39, 0.29) is 0 Å². The number of aromatic nitrogens is 1. The van der Waals surface area contributed by atoms with Crippen LogP contribution in [0.4, 0.5) is 0 Å². The maximum absolute atomic E-state index is 11.7. The van der Waals surface area contributed by atoms with Crippen molar-refractivity contribution in [3.63, 3.8) is 0 Å². The molecule has 0 N–H and O–H groups in total. The van der Waals surface area contributed by atoms with Crippen LogP contribution in [0.2, 0.25) is 0 Å². The number of hydrogen-bond acceptors (Lipinski definition) is 3. The third-order valence-electron chi connectivity index (χ3n) is 1.93. The first-order valence-corrected chi connectivity index (χ1v) is 6.08. The lowest BCUT2D eigenvalue weighted by atomic mass is 10.3. The Bertz CT molecular complexity index is 611. The van der Waals surface area contributed by atoms with Crippen molar-refractivity contribution in [1.82, 2.24) is 4.57 Å². The summed E-state index contributed by atoms with van der Waals surface area (Å²) in [6.45, 7) is 0. The van der Waals surface area contributed by atoms with Crippen LogP contribution in [0.3, 0.4) is 0 Å². The second-order valence-corrected chi connectivity index (χ2v) is 6.25. The van der Waals surface area contributed by atoms with Crippen LogP contribution in [-0.2, 0) is 0 Å². The molecule has 1 heterocycles. The maximum atomic E-state index is 11.7. The highest BCUT2D eigenvalue weighted by atomic mass is 35.6. The number of carbonyl (C=O) groups is 1. The summed E-state index contributed by atoms with van der Waals surface area (Å²) < 4.78 is -0.573. The van der Waals surface area contributed by atoms with Gasteiger partial charge in [-0.15, -0.1) is 0 Å². The van der Waals surface area contributed by atoms with Crippen LogP contribution in [0.15, 0.2) is 29.1 Å². The smallest absolute Gasteiger partial charge is 0.269 e. The van der Waals surface area contributed by atoms with Crippen LogP contribution in [0.5, 0.6) is 0 Å². The highest BCUT2D eigenvalue weighted by Crippen LogP contribution is 2.29. The van der Waals surface area contributed by atoms with Gasteiger partial charge in [0.05, 0.1) is 10.2 Å². The minimum absolute atomic E-state index is 0.453. The quantitative estimate of drug-likeness (QED) is 0.701. The van der Waals surface area contributed by atoms with E-state index in [0.717, 1.165) is 15.9 Å². The summed E-state index contributed by atoms with van der Waals surface area (Å²) in [5, 5.41) is 0. The lowest BCUT2D eigenvalue weighted by Crippen LogP contribution is -2.31. The van der Waals surface area contributed by atoms with Gasteiger partial charge in [0.1, 0.15) is 0 Å². The zero-order chi connectivity index (χ0) is 11.9. The van der Waals surface area contributed by atoms with E-state index in [1.807, 2.05) is 0 Å². The van der Waals surface area contributed by atoms with Crippen LogP contribution in [0.1, 0.15) is 4.79 Å². The summed E-state index contributed by atoms with van der Waals surface area (Å²) in [6, 6.07) is 6.82. The van der Waals surface area contributed by atoms with Crippen molar-refractivity contribution in [2.45, 2.75) is 3.79 Å². The Balaban J connectivity index is 2.74. The lowest BCUT2D eigenvalue weighted by molar-refractivity contribution is 0.0920. The van der Waals surface area contributed by atoms with Crippen molar-refractivity contribution in [2.24, 2.45) is 0 Å². The summed E-state index contributed by atoms with van der Waals surface area (Å²) in [4.78, 5) is 22.9. The first kappa shape index (κ1) is 11.9. The predicted molar refractivity (Wildman–Crippen MR) is 67.0 cm³/mol. The molecule has 7 heteroatoms. The summed E-state index contributed by atoms with van der Waals surface area (Å²) in [5.74, 6) is -0.861. The standard InChI is InChI=1S/C9H4Cl3NO2S/c10-9(11,12)7(14)13-5-3-1-2-4-6(5)16-8(13)15/h1-4H. The SMILES string of the molecule is O=C(n1c(=O)sc2ccccc21)C(Cl)(Cl)Cl. The van der Waals surface area contributed by atoms with Crippen molar-refractivity contribution >= 4 is 62.3 Å². The van der Waals surface area contributed by atoms with E-state index in [4.69, 9.17) is 34.8 Å². The second kappa shape index (κ2) is 4.04. The van der Waals surface area contributed by atoms with Crippen LogP contribution < -0.4 is 4.87 Å². The predicted octanol–water partition coefficient (Wildman–Crippen LogP) is 3.07. The zero-order valence-electron chi connectivity index (χ0n) is 7.62. The third kappa shape index (κ3) is 1.98. The normalized spacial score (nSPS) is 11.9. The van der Waals surface area contributed by atoms with E-state index in [1.165, 1.54) is 0 Å². The fraction of sp³-hybridized carbons (Fsp3) is 0.111. The molecule has 0 spiro atoms. The van der Waals surface area contributed by atoms with Gasteiger partial charge in [-0.3, -0.25) is 9.59 Å². The Hall–Kier alpha value is -0.550. The molecule has 0 aliphatic heterocycles. The Morgan fingerprint density at radius 2 is 1.88 bits per heavy atom. The molecule has 1 aromatic carbocycles. The molecule has 0 radical (unpaired) electrons. The largest absolute Gasteiger partial charge is 0.315 e. The first-order chi connectivity index (χ1) is 7.41. The number of halogens is 3. The van der Waals surface area contributed by atoms with Gasteiger partial charge >= 0.3 is 4.87 Å². The molecular formula is C9H4Cl3NO2S. The van der Waals surface area contributed by atoms with Crippen molar-refractivity contribution in [1.29, 1.82) is 0 Å². The van der Waals surface area contributed by atoms with Gasteiger partial charge in [0.25, 0.3) is 9.70 Å². The minimum Gasteiger partial charge on any atom is -0.269 e. The van der Waals surface area contributed by atoms with Crippen molar-refractivity contribution in [3.05, 3.63) is 33.9 Å². The summed E-state index contributed by atoms with van der Waals surface area (Å²) in [6.07, 6.45) is 0. The Kier molecular flexibility index (Phi) is 3.01. The second-order valence-electron chi connectivity index (χ2n) is 2.97. The van der Waals surface area contributed by atoms with Gasteiger partial charge in [-0.25, -0.2) is 4.57 Å². The number of carbonyl (C=O) groups excluding carboxylic acids is 1. The fourth-order valence-electron chi connectivity index (χ4n) is 1.29.